The number of hydrogen-bond acceptors (Lipinski definition) is 6. The summed E-state index contributed by atoms with van der Waals surface area (Å²) in [4.78, 5) is 26.9. The number of morpholine rings is 1. The Morgan fingerprint density at radius 2 is 1.68 bits per heavy atom. The summed E-state index contributed by atoms with van der Waals surface area (Å²) in [6, 6.07) is 15.2. The molecule has 2 amide bonds. The van der Waals surface area contributed by atoms with E-state index >= 15 is 0 Å². The van der Waals surface area contributed by atoms with Crippen LogP contribution in [0, 0.1) is 6.92 Å². The van der Waals surface area contributed by atoms with Crippen molar-refractivity contribution >= 4 is 11.8 Å². The number of aromatic nitrogens is 2. The van der Waals surface area contributed by atoms with Gasteiger partial charge in [0.15, 0.2) is 0 Å². The summed E-state index contributed by atoms with van der Waals surface area (Å²) in [6.45, 7) is 7.53. The van der Waals surface area contributed by atoms with Crippen molar-refractivity contribution in [3.8, 4) is 11.5 Å². The third-order valence-corrected chi connectivity index (χ3v) is 5.73. The van der Waals surface area contributed by atoms with E-state index in [0.29, 0.717) is 43.4 Å². The Bertz CT molecular complexity index is 1110. The number of rotatable bonds is 7. The zero-order chi connectivity index (χ0) is 24.1. The fraction of sp³-hybridized carbons (Fsp3) is 0.385. The summed E-state index contributed by atoms with van der Waals surface area (Å²) < 4.78 is 11.4. The van der Waals surface area contributed by atoms with E-state index in [1.54, 1.807) is 12.1 Å². The smallest absolute Gasteiger partial charge is 0.254 e. The average Bonchev–Trinajstić information content (AvgIpc) is 3.30. The van der Waals surface area contributed by atoms with Gasteiger partial charge >= 0.3 is 0 Å². The molecule has 0 radical (unpaired) electrons. The summed E-state index contributed by atoms with van der Waals surface area (Å²) in [7, 11) is 0. The summed E-state index contributed by atoms with van der Waals surface area (Å²) in [5.74, 6) is 0.778. The molecule has 4 rings (SSSR count). The number of benzene rings is 2. The van der Waals surface area contributed by atoms with Crippen molar-refractivity contribution in [3.63, 3.8) is 0 Å². The maximum absolute atomic E-state index is 12.8. The van der Waals surface area contributed by atoms with E-state index in [4.69, 9.17) is 9.15 Å². The third-order valence-electron chi connectivity index (χ3n) is 5.73. The number of ether oxygens (including phenoxy) is 1. The number of carbonyl (C=O) groups is 2. The monoisotopic (exact) mass is 462 g/mol. The van der Waals surface area contributed by atoms with Crippen LogP contribution in [0.2, 0.25) is 0 Å². The van der Waals surface area contributed by atoms with Gasteiger partial charge in [-0.1, -0.05) is 29.8 Å². The molecule has 2 heterocycles. The Morgan fingerprint density at radius 3 is 2.35 bits per heavy atom. The molecule has 0 aliphatic carbocycles. The van der Waals surface area contributed by atoms with E-state index in [-0.39, 0.29) is 30.4 Å². The highest BCUT2D eigenvalue weighted by Gasteiger charge is 2.26. The molecule has 34 heavy (non-hydrogen) atoms. The predicted molar refractivity (Wildman–Crippen MR) is 127 cm³/mol. The molecule has 178 valence electrons. The van der Waals surface area contributed by atoms with Crippen molar-refractivity contribution in [1.29, 1.82) is 0 Å². The van der Waals surface area contributed by atoms with Gasteiger partial charge in [0, 0.05) is 43.6 Å². The zero-order valence-corrected chi connectivity index (χ0v) is 19.8. The van der Waals surface area contributed by atoms with E-state index in [9.17, 15) is 9.59 Å². The van der Waals surface area contributed by atoms with Gasteiger partial charge in [-0.05, 0) is 50.6 Å². The van der Waals surface area contributed by atoms with Crippen LogP contribution in [0.15, 0.2) is 52.9 Å². The van der Waals surface area contributed by atoms with Gasteiger partial charge in [-0.2, -0.15) is 0 Å². The van der Waals surface area contributed by atoms with Gasteiger partial charge in [0.25, 0.3) is 5.91 Å². The Labute approximate surface area is 199 Å². The second-order valence-corrected chi connectivity index (χ2v) is 8.81. The molecule has 1 aromatic heterocycles. The SMILES string of the molecule is Cc1ccc(-c2nnc(CCC(=O)NCc3ccc(C(=O)N4CC(C)OC(C)C4)cc3)o2)cc1. The van der Waals surface area contributed by atoms with E-state index in [0.717, 1.165) is 16.7 Å². The fourth-order valence-electron chi connectivity index (χ4n) is 3.97. The molecule has 1 aliphatic rings. The minimum atomic E-state index is -0.105. The molecule has 2 unspecified atom stereocenters. The van der Waals surface area contributed by atoms with E-state index in [1.807, 2.05) is 62.1 Å². The first-order valence-electron chi connectivity index (χ1n) is 11.6. The lowest BCUT2D eigenvalue weighted by Gasteiger charge is -2.35. The second kappa shape index (κ2) is 10.6. The molecule has 1 fully saturated rings. The van der Waals surface area contributed by atoms with Gasteiger partial charge in [-0.25, -0.2) is 0 Å². The van der Waals surface area contributed by atoms with E-state index in [1.165, 1.54) is 0 Å². The van der Waals surface area contributed by atoms with Crippen LogP contribution in [0.5, 0.6) is 0 Å². The van der Waals surface area contributed by atoms with Crippen molar-refractivity contribution < 1.29 is 18.7 Å². The average molecular weight is 463 g/mol. The maximum Gasteiger partial charge on any atom is 0.254 e. The molecule has 1 saturated heterocycles. The van der Waals surface area contributed by atoms with Crippen molar-refractivity contribution in [2.45, 2.75) is 52.4 Å². The largest absolute Gasteiger partial charge is 0.421 e. The molecular weight excluding hydrogens is 432 g/mol. The van der Waals surface area contributed by atoms with Crippen molar-refractivity contribution in [1.82, 2.24) is 20.4 Å². The number of carbonyl (C=O) groups excluding carboxylic acids is 2. The molecule has 0 spiro atoms. The van der Waals surface area contributed by atoms with Crippen molar-refractivity contribution in [2.24, 2.45) is 0 Å². The van der Waals surface area contributed by atoms with Crippen LogP contribution in [-0.4, -0.2) is 52.2 Å². The molecule has 8 nitrogen and oxygen atoms in total. The lowest BCUT2D eigenvalue weighted by atomic mass is 10.1. The van der Waals surface area contributed by atoms with Crippen LogP contribution in [0.4, 0.5) is 0 Å². The molecule has 1 aliphatic heterocycles. The summed E-state index contributed by atoms with van der Waals surface area (Å²) >= 11 is 0. The van der Waals surface area contributed by atoms with Crippen LogP contribution in [-0.2, 0) is 22.5 Å². The van der Waals surface area contributed by atoms with Gasteiger partial charge in [-0.3, -0.25) is 9.59 Å². The minimum Gasteiger partial charge on any atom is -0.421 e. The van der Waals surface area contributed by atoms with Gasteiger partial charge in [0.1, 0.15) is 0 Å². The normalized spacial score (nSPS) is 18.0. The molecule has 1 N–H and O–H groups in total. The Balaban J connectivity index is 1.23. The third kappa shape index (κ3) is 6.08. The zero-order valence-electron chi connectivity index (χ0n) is 19.8. The highest BCUT2D eigenvalue weighted by Crippen LogP contribution is 2.19. The van der Waals surface area contributed by atoms with Gasteiger partial charge in [0.2, 0.25) is 17.7 Å². The first-order valence-corrected chi connectivity index (χ1v) is 11.6. The Morgan fingerprint density at radius 1 is 1.00 bits per heavy atom. The van der Waals surface area contributed by atoms with Crippen LogP contribution in [0.25, 0.3) is 11.5 Å². The van der Waals surface area contributed by atoms with E-state index < -0.39 is 0 Å². The topological polar surface area (TPSA) is 97.6 Å². The number of amides is 2. The van der Waals surface area contributed by atoms with Gasteiger partial charge in [0.05, 0.1) is 12.2 Å². The lowest BCUT2D eigenvalue weighted by Crippen LogP contribution is -2.48. The summed E-state index contributed by atoms with van der Waals surface area (Å²) in [5, 5.41) is 11.0. The van der Waals surface area contributed by atoms with Crippen LogP contribution in [0.3, 0.4) is 0 Å². The number of nitrogens with one attached hydrogen (secondary N) is 1. The van der Waals surface area contributed by atoms with Gasteiger partial charge < -0.3 is 19.4 Å². The minimum absolute atomic E-state index is 0.00199. The Hall–Kier alpha value is -3.52. The molecular formula is C26H30N4O4. The maximum atomic E-state index is 12.8. The molecule has 3 aromatic rings. The van der Waals surface area contributed by atoms with Crippen molar-refractivity contribution in [2.75, 3.05) is 13.1 Å². The van der Waals surface area contributed by atoms with Crippen LogP contribution >= 0.6 is 0 Å². The van der Waals surface area contributed by atoms with Crippen molar-refractivity contribution in [3.05, 3.63) is 71.1 Å². The molecule has 2 aromatic carbocycles. The summed E-state index contributed by atoms with van der Waals surface area (Å²) in [5.41, 5.74) is 3.57. The lowest BCUT2D eigenvalue weighted by molar-refractivity contribution is -0.121. The van der Waals surface area contributed by atoms with Gasteiger partial charge in [-0.15, -0.1) is 10.2 Å². The molecule has 0 bridgehead atoms. The molecule has 2 atom stereocenters. The van der Waals surface area contributed by atoms with Crippen LogP contribution in [0.1, 0.15) is 47.6 Å². The highest BCUT2D eigenvalue weighted by molar-refractivity contribution is 5.94. The standard InChI is InChI=1S/C26H30N4O4/c1-17-4-8-21(9-5-17)25-29-28-24(34-25)13-12-23(31)27-14-20-6-10-22(11-7-20)26(32)30-15-18(2)33-19(3)16-30/h4-11,18-19H,12-16H2,1-3H3,(H,27,31). The first-order chi connectivity index (χ1) is 16.4. The summed E-state index contributed by atoms with van der Waals surface area (Å²) in [6.07, 6.45) is 0.681. The number of nitrogens with zero attached hydrogens (tertiary/aromatic N) is 3. The number of aryl methyl sites for hydroxylation is 2. The predicted octanol–water partition coefficient (Wildman–Crippen LogP) is 3.54. The second-order valence-electron chi connectivity index (χ2n) is 8.81. The molecule has 0 saturated carbocycles. The van der Waals surface area contributed by atoms with Crippen LogP contribution < -0.4 is 5.32 Å². The Kier molecular flexibility index (Phi) is 7.37. The first kappa shape index (κ1) is 23.6. The van der Waals surface area contributed by atoms with E-state index in [2.05, 4.69) is 15.5 Å². The fourth-order valence-corrected chi connectivity index (χ4v) is 3.97. The molecule has 8 heteroatoms. The highest BCUT2D eigenvalue weighted by atomic mass is 16.5. The quantitative estimate of drug-likeness (QED) is 0.577. The number of hydrogen-bond donors (Lipinski definition) is 1.